The molecule has 4 rings (SSSR count). The van der Waals surface area contributed by atoms with Crippen molar-refractivity contribution in [3.05, 3.63) is 104 Å². The van der Waals surface area contributed by atoms with E-state index in [-0.39, 0.29) is 23.0 Å². The Kier molecular flexibility index (Phi) is 7.55. The molecule has 0 saturated carbocycles. The second-order valence-corrected chi connectivity index (χ2v) is 10.1. The summed E-state index contributed by atoms with van der Waals surface area (Å²) in [5.74, 6) is -1.45. The number of nitrogens with zero attached hydrogens (tertiary/aromatic N) is 2. The zero-order valence-corrected chi connectivity index (χ0v) is 22.7. The lowest BCUT2D eigenvalue weighted by molar-refractivity contribution is -0.138. The predicted molar refractivity (Wildman–Crippen MR) is 150 cm³/mol. The quantitative estimate of drug-likeness (QED) is 0.382. The number of carbonyl (C=O) groups excluding carboxylic acids is 2. The molecule has 37 heavy (non-hydrogen) atoms. The Morgan fingerprint density at radius 2 is 1.76 bits per heavy atom. The van der Waals surface area contributed by atoms with Crippen LogP contribution in [0, 0.1) is 34.6 Å². The van der Waals surface area contributed by atoms with E-state index in [9.17, 15) is 14.7 Å². The fraction of sp³-hybridized carbons (Fsp3) is 0.233. The van der Waals surface area contributed by atoms with Gasteiger partial charge in [-0.3, -0.25) is 4.79 Å². The normalized spacial score (nSPS) is 15.6. The number of thioether (sulfide) groups is 1. The average Bonchev–Trinajstić information content (AvgIpc) is 3.31. The molecule has 1 amide bonds. The van der Waals surface area contributed by atoms with Crippen LogP contribution in [0.5, 0.6) is 0 Å². The molecule has 2 heterocycles. The van der Waals surface area contributed by atoms with Crippen LogP contribution >= 0.6 is 11.8 Å². The van der Waals surface area contributed by atoms with E-state index in [2.05, 4.69) is 35.5 Å². The Hall–Kier alpha value is -3.84. The molecule has 3 aromatic rings. The standard InChI is InChI=1S/C30H30N2O4S/c1-7-36-30(35)26-27(33)25(37-29(26)31-28(34)22-13-11-17(2)12-14-22)16-23-15-19(4)32(21(23)6)24-10-8-9-18(3)20(24)5/h8-16,33H,7H2,1-6H3/b25-16-,31-29?. The summed E-state index contributed by atoms with van der Waals surface area (Å²) in [7, 11) is 0. The van der Waals surface area contributed by atoms with Gasteiger partial charge in [0.25, 0.3) is 5.91 Å². The van der Waals surface area contributed by atoms with E-state index in [0.29, 0.717) is 10.5 Å². The van der Waals surface area contributed by atoms with Gasteiger partial charge in [-0.15, -0.1) is 0 Å². The van der Waals surface area contributed by atoms with Crippen molar-refractivity contribution in [3.8, 4) is 5.69 Å². The van der Waals surface area contributed by atoms with Crippen LogP contribution in [0.15, 0.2) is 69.8 Å². The van der Waals surface area contributed by atoms with Gasteiger partial charge in [0.15, 0.2) is 0 Å². The first kappa shape index (κ1) is 26.2. The zero-order chi connectivity index (χ0) is 26.9. The molecule has 1 aliphatic rings. The van der Waals surface area contributed by atoms with Crippen LogP contribution in [0.4, 0.5) is 0 Å². The molecule has 1 N–H and O–H groups in total. The first-order chi connectivity index (χ1) is 17.6. The molecule has 0 spiro atoms. The SMILES string of the molecule is CCOC(=O)C1=C(O)/C(=C/c2cc(C)n(-c3cccc(C)c3C)c2C)SC1=NC(=O)c1ccc(C)cc1. The molecule has 0 bridgehead atoms. The van der Waals surface area contributed by atoms with Crippen molar-refractivity contribution in [1.82, 2.24) is 4.57 Å². The number of ether oxygens (including phenoxy) is 1. The molecule has 0 aliphatic carbocycles. The third-order valence-corrected chi connectivity index (χ3v) is 7.47. The molecule has 7 heteroatoms. The number of esters is 1. The molecule has 0 saturated heterocycles. The summed E-state index contributed by atoms with van der Waals surface area (Å²) >= 11 is 1.08. The molecule has 2 aromatic carbocycles. The van der Waals surface area contributed by atoms with Crippen LogP contribution in [0.25, 0.3) is 11.8 Å². The van der Waals surface area contributed by atoms with E-state index >= 15 is 0 Å². The molecule has 190 valence electrons. The summed E-state index contributed by atoms with van der Waals surface area (Å²) in [5, 5.41) is 11.2. The van der Waals surface area contributed by atoms with Gasteiger partial charge in [-0.2, -0.15) is 0 Å². The van der Waals surface area contributed by atoms with Crippen LogP contribution < -0.4 is 0 Å². The number of aliphatic imine (C=N–C) groups is 1. The number of benzene rings is 2. The van der Waals surface area contributed by atoms with Crippen molar-refractivity contribution in [2.75, 3.05) is 6.61 Å². The maximum Gasteiger partial charge on any atom is 0.344 e. The maximum atomic E-state index is 12.8. The number of amides is 1. The molecule has 0 atom stereocenters. The Morgan fingerprint density at radius 3 is 2.43 bits per heavy atom. The minimum atomic E-state index is -0.716. The fourth-order valence-electron chi connectivity index (χ4n) is 4.27. The van der Waals surface area contributed by atoms with Crippen LogP contribution in [-0.4, -0.2) is 33.2 Å². The summed E-state index contributed by atoms with van der Waals surface area (Å²) in [4.78, 5) is 30.2. The van der Waals surface area contributed by atoms with Gasteiger partial charge in [0.2, 0.25) is 0 Å². The molecular weight excluding hydrogens is 484 g/mol. The Balaban J connectivity index is 1.77. The van der Waals surface area contributed by atoms with Gasteiger partial charge in [-0.25, -0.2) is 9.79 Å². The van der Waals surface area contributed by atoms with E-state index in [4.69, 9.17) is 4.74 Å². The Labute approximate surface area is 221 Å². The smallest absolute Gasteiger partial charge is 0.344 e. The van der Waals surface area contributed by atoms with Gasteiger partial charge in [0, 0.05) is 22.6 Å². The zero-order valence-electron chi connectivity index (χ0n) is 21.9. The van der Waals surface area contributed by atoms with E-state index in [1.807, 2.05) is 51.1 Å². The third kappa shape index (κ3) is 5.18. The lowest BCUT2D eigenvalue weighted by Gasteiger charge is -2.14. The number of rotatable bonds is 5. The Morgan fingerprint density at radius 1 is 1.05 bits per heavy atom. The second kappa shape index (κ2) is 10.6. The number of aryl methyl sites for hydroxylation is 3. The first-order valence-corrected chi connectivity index (χ1v) is 12.9. The lowest BCUT2D eigenvalue weighted by atomic mass is 10.1. The monoisotopic (exact) mass is 514 g/mol. The van der Waals surface area contributed by atoms with E-state index < -0.39 is 11.9 Å². The van der Waals surface area contributed by atoms with Crippen LogP contribution in [-0.2, 0) is 9.53 Å². The molecular formula is C30H30N2O4S. The summed E-state index contributed by atoms with van der Waals surface area (Å²) in [6.45, 7) is 12.0. The van der Waals surface area contributed by atoms with Gasteiger partial charge in [0.05, 0.1) is 11.5 Å². The molecule has 0 unspecified atom stereocenters. The summed E-state index contributed by atoms with van der Waals surface area (Å²) in [6.07, 6.45) is 1.82. The largest absolute Gasteiger partial charge is 0.506 e. The van der Waals surface area contributed by atoms with Gasteiger partial charge < -0.3 is 14.4 Å². The summed E-state index contributed by atoms with van der Waals surface area (Å²) < 4.78 is 7.34. The predicted octanol–water partition coefficient (Wildman–Crippen LogP) is 6.72. The minimum absolute atomic E-state index is 0.0955. The average molecular weight is 515 g/mol. The summed E-state index contributed by atoms with van der Waals surface area (Å²) in [6, 6.07) is 15.3. The first-order valence-electron chi connectivity index (χ1n) is 12.1. The summed E-state index contributed by atoms with van der Waals surface area (Å²) in [5.41, 5.74) is 7.73. The fourth-order valence-corrected chi connectivity index (χ4v) is 5.27. The highest BCUT2D eigenvalue weighted by atomic mass is 32.2. The van der Waals surface area contributed by atoms with E-state index in [1.54, 1.807) is 19.1 Å². The van der Waals surface area contributed by atoms with Crippen molar-refractivity contribution in [1.29, 1.82) is 0 Å². The van der Waals surface area contributed by atoms with Gasteiger partial charge in [-0.05, 0) is 88.6 Å². The topological polar surface area (TPSA) is 80.9 Å². The molecule has 0 fully saturated rings. The van der Waals surface area contributed by atoms with Gasteiger partial charge >= 0.3 is 5.97 Å². The van der Waals surface area contributed by atoms with Crippen molar-refractivity contribution < 1.29 is 19.4 Å². The Bertz CT molecular complexity index is 1490. The maximum absolute atomic E-state index is 12.8. The lowest BCUT2D eigenvalue weighted by Crippen LogP contribution is -2.14. The van der Waals surface area contributed by atoms with E-state index in [0.717, 1.165) is 40.0 Å². The van der Waals surface area contributed by atoms with Crippen molar-refractivity contribution in [2.24, 2.45) is 4.99 Å². The number of hydrogen-bond donors (Lipinski definition) is 1. The third-order valence-electron chi connectivity index (χ3n) is 6.45. The molecule has 1 aromatic heterocycles. The van der Waals surface area contributed by atoms with Crippen molar-refractivity contribution in [2.45, 2.75) is 41.5 Å². The molecule has 1 aliphatic heterocycles. The molecule has 0 radical (unpaired) electrons. The van der Waals surface area contributed by atoms with E-state index in [1.165, 1.54) is 11.1 Å². The minimum Gasteiger partial charge on any atom is -0.506 e. The second-order valence-electron chi connectivity index (χ2n) is 9.02. The number of aliphatic hydroxyl groups is 1. The van der Waals surface area contributed by atoms with Crippen LogP contribution in [0.2, 0.25) is 0 Å². The number of aliphatic hydroxyl groups excluding tert-OH is 1. The highest BCUT2D eigenvalue weighted by Crippen LogP contribution is 2.40. The van der Waals surface area contributed by atoms with Crippen molar-refractivity contribution in [3.63, 3.8) is 0 Å². The highest BCUT2D eigenvalue weighted by Gasteiger charge is 2.34. The van der Waals surface area contributed by atoms with Crippen LogP contribution in [0.1, 0.15) is 50.9 Å². The number of hydrogen-bond acceptors (Lipinski definition) is 5. The van der Waals surface area contributed by atoms with Gasteiger partial charge in [0.1, 0.15) is 16.4 Å². The number of carbonyl (C=O) groups is 2. The highest BCUT2D eigenvalue weighted by molar-refractivity contribution is 8.18. The number of aromatic nitrogens is 1. The van der Waals surface area contributed by atoms with Crippen LogP contribution in [0.3, 0.4) is 0 Å². The molecule has 6 nitrogen and oxygen atoms in total. The van der Waals surface area contributed by atoms with Crippen molar-refractivity contribution >= 4 is 34.8 Å². The van der Waals surface area contributed by atoms with Gasteiger partial charge in [-0.1, -0.05) is 41.6 Å².